The Hall–Kier alpha value is -0.820. The van der Waals surface area contributed by atoms with Crippen LogP contribution in [-0.4, -0.2) is 5.60 Å². The Morgan fingerprint density at radius 2 is 1.89 bits per heavy atom. The highest BCUT2D eigenvalue weighted by atomic mass is 16.5. The van der Waals surface area contributed by atoms with Crippen LogP contribution >= 0.6 is 0 Å². The normalized spacial score (nSPS) is 34.5. The summed E-state index contributed by atoms with van der Waals surface area (Å²) < 4.78 is 6.48. The lowest BCUT2D eigenvalue weighted by molar-refractivity contribution is -0.147. The molecule has 1 fully saturated rings. The Balaban J connectivity index is 1.93. The van der Waals surface area contributed by atoms with Gasteiger partial charge in [-0.05, 0) is 41.7 Å². The van der Waals surface area contributed by atoms with Crippen LogP contribution in [0.4, 0.5) is 0 Å². The smallest absolute Gasteiger partial charge is 0.0760 e. The van der Waals surface area contributed by atoms with Crippen LogP contribution in [0.15, 0.2) is 24.3 Å². The number of hydrogen-bond acceptors (Lipinski definition) is 1. The molecule has 1 aliphatic heterocycles. The molecule has 1 heteroatoms. The topological polar surface area (TPSA) is 9.23 Å². The second-order valence-electron chi connectivity index (χ2n) is 7.04. The summed E-state index contributed by atoms with van der Waals surface area (Å²) in [4.78, 5) is 0. The molecule has 2 aliphatic rings. The van der Waals surface area contributed by atoms with Gasteiger partial charge in [-0.1, -0.05) is 51.5 Å². The van der Waals surface area contributed by atoms with E-state index in [2.05, 4.69) is 45.0 Å². The van der Waals surface area contributed by atoms with Crippen molar-refractivity contribution in [3.63, 3.8) is 0 Å². The molecule has 1 aromatic rings. The Morgan fingerprint density at radius 3 is 2.63 bits per heavy atom. The van der Waals surface area contributed by atoms with Crippen LogP contribution in [-0.2, 0) is 17.8 Å². The minimum absolute atomic E-state index is 0.111. The molecule has 0 bridgehead atoms. The van der Waals surface area contributed by atoms with E-state index in [1.807, 2.05) is 0 Å². The van der Waals surface area contributed by atoms with Crippen molar-refractivity contribution in [1.82, 2.24) is 0 Å². The highest BCUT2D eigenvalue weighted by Crippen LogP contribution is 2.47. The first-order valence-corrected chi connectivity index (χ1v) is 7.81. The molecule has 0 aromatic heterocycles. The number of fused-ring (bicyclic) bond motifs is 1. The molecule has 3 unspecified atom stereocenters. The van der Waals surface area contributed by atoms with Crippen molar-refractivity contribution < 1.29 is 4.74 Å². The van der Waals surface area contributed by atoms with Gasteiger partial charge < -0.3 is 4.74 Å². The van der Waals surface area contributed by atoms with E-state index in [1.165, 1.54) is 30.4 Å². The molecule has 1 saturated carbocycles. The molecule has 0 amide bonds. The number of hydrogen-bond donors (Lipinski definition) is 0. The molecule has 1 aromatic carbocycles. The number of ether oxygens (including phenoxy) is 1. The summed E-state index contributed by atoms with van der Waals surface area (Å²) in [5, 5.41) is 0. The summed E-state index contributed by atoms with van der Waals surface area (Å²) in [6.45, 7) is 7.94. The molecular formula is C18H26O. The fourth-order valence-corrected chi connectivity index (χ4v) is 4.35. The van der Waals surface area contributed by atoms with Gasteiger partial charge in [0, 0.05) is 6.42 Å². The van der Waals surface area contributed by atoms with E-state index in [-0.39, 0.29) is 5.60 Å². The fourth-order valence-electron chi connectivity index (χ4n) is 4.35. The predicted octanol–water partition coefficient (Wildman–Crippen LogP) is 4.59. The molecule has 3 rings (SSSR count). The summed E-state index contributed by atoms with van der Waals surface area (Å²) in [5.41, 5.74) is 3.03. The van der Waals surface area contributed by atoms with Gasteiger partial charge in [0.25, 0.3) is 0 Å². The van der Waals surface area contributed by atoms with Gasteiger partial charge in [0.15, 0.2) is 0 Å². The van der Waals surface area contributed by atoms with Crippen LogP contribution in [0.25, 0.3) is 0 Å². The minimum Gasteiger partial charge on any atom is -0.370 e. The first kappa shape index (κ1) is 13.2. The van der Waals surface area contributed by atoms with E-state index < -0.39 is 0 Å². The van der Waals surface area contributed by atoms with E-state index >= 15 is 0 Å². The van der Waals surface area contributed by atoms with Crippen LogP contribution in [0, 0.1) is 17.8 Å². The molecule has 0 radical (unpaired) electrons. The van der Waals surface area contributed by atoms with Gasteiger partial charge in [0.05, 0.1) is 12.2 Å². The first-order valence-electron chi connectivity index (χ1n) is 7.81. The lowest BCUT2D eigenvalue weighted by Crippen LogP contribution is -2.51. The van der Waals surface area contributed by atoms with Crippen LogP contribution in [0.5, 0.6) is 0 Å². The Morgan fingerprint density at radius 1 is 1.16 bits per heavy atom. The van der Waals surface area contributed by atoms with Gasteiger partial charge in [-0.3, -0.25) is 0 Å². The average Bonchev–Trinajstić information content (AvgIpc) is 2.38. The maximum absolute atomic E-state index is 6.48. The van der Waals surface area contributed by atoms with E-state index in [0.29, 0.717) is 0 Å². The van der Waals surface area contributed by atoms with Gasteiger partial charge >= 0.3 is 0 Å². The van der Waals surface area contributed by atoms with Crippen molar-refractivity contribution in [1.29, 1.82) is 0 Å². The zero-order valence-electron chi connectivity index (χ0n) is 12.5. The summed E-state index contributed by atoms with van der Waals surface area (Å²) in [6, 6.07) is 8.83. The summed E-state index contributed by atoms with van der Waals surface area (Å²) in [7, 11) is 0. The highest BCUT2D eigenvalue weighted by molar-refractivity contribution is 5.30. The second-order valence-corrected chi connectivity index (χ2v) is 7.04. The van der Waals surface area contributed by atoms with Crippen molar-refractivity contribution in [2.45, 2.75) is 58.7 Å². The molecule has 19 heavy (non-hydrogen) atoms. The molecule has 1 nitrogen and oxygen atoms in total. The van der Waals surface area contributed by atoms with Crippen LogP contribution < -0.4 is 0 Å². The number of rotatable bonds is 1. The third kappa shape index (κ3) is 2.33. The zero-order valence-corrected chi connectivity index (χ0v) is 12.5. The second kappa shape index (κ2) is 4.94. The van der Waals surface area contributed by atoms with Crippen molar-refractivity contribution in [2.75, 3.05) is 0 Å². The van der Waals surface area contributed by atoms with Crippen LogP contribution in [0.1, 0.15) is 51.2 Å². The van der Waals surface area contributed by atoms with E-state index in [9.17, 15) is 0 Å². The van der Waals surface area contributed by atoms with Crippen molar-refractivity contribution >= 4 is 0 Å². The SMILES string of the molecule is CC1CCC(C(C)C)C2(Cc3ccccc3CO2)C1. The Kier molecular flexibility index (Phi) is 3.42. The van der Waals surface area contributed by atoms with Crippen molar-refractivity contribution in [3.8, 4) is 0 Å². The molecule has 104 valence electrons. The molecular weight excluding hydrogens is 232 g/mol. The standard InChI is InChI=1S/C18H26O/c1-13(2)17-9-8-14(3)10-18(17)11-15-6-4-5-7-16(15)12-19-18/h4-7,13-14,17H,8-12H2,1-3H3. The highest BCUT2D eigenvalue weighted by Gasteiger charge is 2.47. The quantitative estimate of drug-likeness (QED) is 0.716. The molecule has 1 heterocycles. The van der Waals surface area contributed by atoms with Crippen LogP contribution in [0.3, 0.4) is 0 Å². The lowest BCUT2D eigenvalue weighted by atomic mass is 9.64. The summed E-state index contributed by atoms with van der Waals surface area (Å²) in [5.74, 6) is 2.25. The first-order chi connectivity index (χ1) is 9.11. The maximum Gasteiger partial charge on any atom is 0.0760 e. The molecule has 1 spiro atoms. The monoisotopic (exact) mass is 258 g/mol. The number of benzene rings is 1. The Labute approximate surface area is 117 Å². The fraction of sp³-hybridized carbons (Fsp3) is 0.667. The summed E-state index contributed by atoms with van der Waals surface area (Å²) in [6.07, 6.45) is 5.07. The zero-order chi connectivity index (χ0) is 13.5. The Bertz CT molecular complexity index is 451. The predicted molar refractivity (Wildman–Crippen MR) is 79.0 cm³/mol. The molecule has 1 aliphatic carbocycles. The van der Waals surface area contributed by atoms with Gasteiger partial charge in [0.2, 0.25) is 0 Å². The molecule has 0 N–H and O–H groups in total. The van der Waals surface area contributed by atoms with Gasteiger partial charge in [-0.15, -0.1) is 0 Å². The largest absolute Gasteiger partial charge is 0.370 e. The van der Waals surface area contributed by atoms with E-state index in [4.69, 9.17) is 4.74 Å². The summed E-state index contributed by atoms with van der Waals surface area (Å²) >= 11 is 0. The van der Waals surface area contributed by atoms with Gasteiger partial charge in [-0.2, -0.15) is 0 Å². The molecule has 0 saturated heterocycles. The third-order valence-corrected chi connectivity index (χ3v) is 5.27. The van der Waals surface area contributed by atoms with Crippen LogP contribution in [0.2, 0.25) is 0 Å². The minimum atomic E-state index is 0.111. The van der Waals surface area contributed by atoms with Crippen molar-refractivity contribution in [2.24, 2.45) is 17.8 Å². The molecule has 3 atom stereocenters. The third-order valence-electron chi connectivity index (χ3n) is 5.27. The van der Waals surface area contributed by atoms with Gasteiger partial charge in [-0.25, -0.2) is 0 Å². The van der Waals surface area contributed by atoms with Gasteiger partial charge in [0.1, 0.15) is 0 Å². The van der Waals surface area contributed by atoms with E-state index in [1.54, 1.807) is 0 Å². The maximum atomic E-state index is 6.48. The lowest BCUT2D eigenvalue weighted by Gasteiger charge is -2.50. The van der Waals surface area contributed by atoms with Crippen molar-refractivity contribution in [3.05, 3.63) is 35.4 Å². The van der Waals surface area contributed by atoms with E-state index in [0.717, 1.165) is 30.8 Å². The average molecular weight is 258 g/mol.